The first-order chi connectivity index (χ1) is 10.7. The highest BCUT2D eigenvalue weighted by molar-refractivity contribution is 5.93. The maximum Gasteiger partial charge on any atom is 0.268 e. The second kappa shape index (κ2) is 5.82. The van der Waals surface area contributed by atoms with Crippen LogP contribution in [0.2, 0.25) is 0 Å². The van der Waals surface area contributed by atoms with E-state index in [2.05, 4.69) is 5.32 Å². The Bertz CT molecular complexity index is 745. The van der Waals surface area contributed by atoms with E-state index in [0.717, 1.165) is 0 Å². The minimum Gasteiger partial charge on any atom is -0.486 e. The molecular formula is C16H15N3O3. The van der Waals surface area contributed by atoms with E-state index in [0.29, 0.717) is 35.9 Å². The minimum atomic E-state index is -0.244. The SMILES string of the molecule is Cn1cc(C#N)cc1C(=O)NC[C@H]1COc2ccccc2O1. The van der Waals surface area contributed by atoms with Crippen LogP contribution < -0.4 is 14.8 Å². The van der Waals surface area contributed by atoms with E-state index in [1.165, 1.54) is 0 Å². The number of aromatic nitrogens is 1. The molecule has 6 nitrogen and oxygen atoms in total. The summed E-state index contributed by atoms with van der Waals surface area (Å²) in [4.78, 5) is 12.1. The Kier molecular flexibility index (Phi) is 3.71. The number of nitrogens with one attached hydrogen (secondary N) is 1. The molecule has 1 aliphatic rings. The van der Waals surface area contributed by atoms with Crippen LogP contribution >= 0.6 is 0 Å². The van der Waals surface area contributed by atoms with Crippen LogP contribution in [0.15, 0.2) is 36.5 Å². The van der Waals surface area contributed by atoms with Gasteiger partial charge in [-0.1, -0.05) is 12.1 Å². The molecule has 1 N–H and O–H groups in total. The lowest BCUT2D eigenvalue weighted by Crippen LogP contribution is -2.41. The Morgan fingerprint density at radius 3 is 2.95 bits per heavy atom. The van der Waals surface area contributed by atoms with Gasteiger partial charge in [0, 0.05) is 13.2 Å². The largest absolute Gasteiger partial charge is 0.486 e. The first kappa shape index (κ1) is 14.0. The topological polar surface area (TPSA) is 76.3 Å². The van der Waals surface area contributed by atoms with Crippen molar-refractivity contribution < 1.29 is 14.3 Å². The van der Waals surface area contributed by atoms with Crippen molar-refractivity contribution in [1.29, 1.82) is 5.26 Å². The standard InChI is InChI=1S/C16H15N3O3/c1-19-9-11(7-17)6-13(19)16(20)18-8-12-10-21-14-4-2-3-5-15(14)22-12/h2-6,9,12H,8,10H2,1H3,(H,18,20)/t12-/m0/s1. The molecule has 2 heterocycles. The van der Waals surface area contributed by atoms with Gasteiger partial charge in [0.25, 0.3) is 5.91 Å². The molecule has 6 heteroatoms. The molecule has 1 aliphatic heterocycles. The summed E-state index contributed by atoms with van der Waals surface area (Å²) in [5.74, 6) is 1.15. The van der Waals surface area contributed by atoms with Crippen molar-refractivity contribution in [3.63, 3.8) is 0 Å². The lowest BCUT2D eigenvalue weighted by molar-refractivity contribution is 0.0784. The smallest absolute Gasteiger partial charge is 0.268 e. The average Bonchev–Trinajstić information content (AvgIpc) is 2.93. The summed E-state index contributed by atoms with van der Waals surface area (Å²) in [7, 11) is 1.73. The van der Waals surface area contributed by atoms with Crippen LogP contribution in [0.1, 0.15) is 16.1 Å². The molecule has 0 fully saturated rings. The third kappa shape index (κ3) is 2.74. The second-order valence-electron chi connectivity index (χ2n) is 5.04. The number of ether oxygens (including phenoxy) is 2. The molecule has 0 bridgehead atoms. The average molecular weight is 297 g/mol. The monoisotopic (exact) mass is 297 g/mol. The number of aryl methyl sites for hydroxylation is 1. The minimum absolute atomic E-state index is 0.241. The molecule has 0 radical (unpaired) electrons. The number of nitriles is 1. The third-order valence-electron chi connectivity index (χ3n) is 3.42. The van der Waals surface area contributed by atoms with E-state index in [-0.39, 0.29) is 12.0 Å². The molecule has 1 amide bonds. The van der Waals surface area contributed by atoms with Crippen LogP contribution in [0, 0.1) is 11.3 Å². The van der Waals surface area contributed by atoms with Crippen molar-refractivity contribution >= 4 is 5.91 Å². The molecule has 0 saturated heterocycles. The lowest BCUT2D eigenvalue weighted by Gasteiger charge is -2.26. The van der Waals surface area contributed by atoms with Crippen LogP contribution in [0.4, 0.5) is 0 Å². The molecule has 1 aromatic carbocycles. The van der Waals surface area contributed by atoms with Gasteiger partial charge in [-0.2, -0.15) is 5.26 Å². The Labute approximate surface area is 127 Å². The summed E-state index contributed by atoms with van der Waals surface area (Å²) in [5, 5.41) is 11.7. The van der Waals surface area contributed by atoms with Crippen LogP contribution in [0.25, 0.3) is 0 Å². The van der Waals surface area contributed by atoms with Crippen LogP contribution in [-0.2, 0) is 7.05 Å². The Morgan fingerprint density at radius 1 is 1.45 bits per heavy atom. The highest BCUT2D eigenvalue weighted by atomic mass is 16.6. The molecule has 1 aromatic heterocycles. The number of para-hydroxylation sites is 2. The molecule has 0 aliphatic carbocycles. The van der Waals surface area contributed by atoms with Crippen LogP contribution in [0.3, 0.4) is 0 Å². The number of hydrogen-bond acceptors (Lipinski definition) is 4. The summed E-state index contributed by atoms with van der Waals surface area (Å²) in [6.45, 7) is 0.716. The summed E-state index contributed by atoms with van der Waals surface area (Å²) in [5.41, 5.74) is 0.896. The normalized spacial score (nSPS) is 15.9. The van der Waals surface area contributed by atoms with Crippen molar-refractivity contribution in [3.05, 3.63) is 47.8 Å². The fraction of sp³-hybridized carbons (Fsp3) is 0.250. The van der Waals surface area contributed by atoms with Gasteiger partial charge in [-0.25, -0.2) is 0 Å². The van der Waals surface area contributed by atoms with Gasteiger partial charge in [0.1, 0.15) is 24.5 Å². The third-order valence-corrected chi connectivity index (χ3v) is 3.42. The van der Waals surface area contributed by atoms with Gasteiger partial charge >= 0.3 is 0 Å². The van der Waals surface area contributed by atoms with Crippen LogP contribution in [0.5, 0.6) is 11.5 Å². The molecule has 0 spiro atoms. The molecule has 112 valence electrons. The van der Waals surface area contributed by atoms with E-state index in [9.17, 15) is 4.79 Å². The van der Waals surface area contributed by atoms with E-state index in [1.807, 2.05) is 30.3 Å². The predicted molar refractivity (Wildman–Crippen MR) is 78.8 cm³/mol. The van der Waals surface area contributed by atoms with Crippen molar-refractivity contribution in [2.24, 2.45) is 7.05 Å². The molecule has 3 rings (SSSR count). The summed E-state index contributed by atoms with van der Waals surface area (Å²) >= 11 is 0. The maximum absolute atomic E-state index is 12.1. The summed E-state index contributed by atoms with van der Waals surface area (Å²) < 4.78 is 13.0. The fourth-order valence-electron chi connectivity index (χ4n) is 2.31. The highest BCUT2D eigenvalue weighted by Gasteiger charge is 2.21. The van der Waals surface area contributed by atoms with E-state index < -0.39 is 0 Å². The molecule has 22 heavy (non-hydrogen) atoms. The molecule has 0 saturated carbocycles. The lowest BCUT2D eigenvalue weighted by atomic mass is 10.2. The van der Waals surface area contributed by atoms with E-state index in [4.69, 9.17) is 14.7 Å². The number of carbonyl (C=O) groups is 1. The zero-order chi connectivity index (χ0) is 15.5. The van der Waals surface area contributed by atoms with Gasteiger partial charge in [0.15, 0.2) is 11.5 Å². The number of carbonyl (C=O) groups excluding carboxylic acids is 1. The van der Waals surface area contributed by atoms with Gasteiger partial charge in [-0.15, -0.1) is 0 Å². The zero-order valence-electron chi connectivity index (χ0n) is 12.1. The van der Waals surface area contributed by atoms with Crippen LogP contribution in [-0.4, -0.2) is 29.7 Å². The van der Waals surface area contributed by atoms with Crippen molar-refractivity contribution in [2.45, 2.75) is 6.10 Å². The first-order valence-electron chi connectivity index (χ1n) is 6.90. The number of fused-ring (bicyclic) bond motifs is 1. The number of benzene rings is 1. The number of nitrogens with zero attached hydrogens (tertiary/aromatic N) is 2. The molecule has 2 aromatic rings. The Morgan fingerprint density at radius 2 is 2.23 bits per heavy atom. The maximum atomic E-state index is 12.1. The second-order valence-corrected chi connectivity index (χ2v) is 5.04. The predicted octanol–water partition coefficient (Wildman–Crippen LogP) is 1.47. The van der Waals surface area contributed by atoms with E-state index >= 15 is 0 Å². The number of hydrogen-bond donors (Lipinski definition) is 1. The van der Waals surface area contributed by atoms with Gasteiger partial charge < -0.3 is 19.4 Å². The van der Waals surface area contributed by atoms with Gasteiger partial charge in [-0.05, 0) is 18.2 Å². The fourth-order valence-corrected chi connectivity index (χ4v) is 2.31. The summed E-state index contributed by atoms with van der Waals surface area (Å²) in [6.07, 6.45) is 1.38. The van der Waals surface area contributed by atoms with E-state index in [1.54, 1.807) is 23.9 Å². The number of rotatable bonds is 3. The van der Waals surface area contributed by atoms with Gasteiger partial charge in [-0.3, -0.25) is 4.79 Å². The molecular weight excluding hydrogens is 282 g/mol. The van der Waals surface area contributed by atoms with Gasteiger partial charge in [0.05, 0.1) is 12.1 Å². The Hall–Kier alpha value is -2.94. The van der Waals surface area contributed by atoms with Crippen molar-refractivity contribution in [2.75, 3.05) is 13.2 Å². The number of amides is 1. The van der Waals surface area contributed by atoms with Crippen molar-refractivity contribution in [3.8, 4) is 17.6 Å². The van der Waals surface area contributed by atoms with Crippen molar-refractivity contribution in [1.82, 2.24) is 9.88 Å². The molecule has 0 unspecified atom stereocenters. The summed E-state index contributed by atoms with van der Waals surface area (Å²) in [6, 6.07) is 11.0. The zero-order valence-corrected chi connectivity index (χ0v) is 12.1. The van der Waals surface area contributed by atoms with Gasteiger partial charge in [0.2, 0.25) is 0 Å². The first-order valence-corrected chi connectivity index (χ1v) is 6.90. The quantitative estimate of drug-likeness (QED) is 0.930. The Balaban J connectivity index is 1.60. The molecule has 1 atom stereocenters. The highest BCUT2D eigenvalue weighted by Crippen LogP contribution is 2.30.